The van der Waals surface area contributed by atoms with E-state index in [2.05, 4.69) is 4.74 Å². The molecule has 0 unspecified atom stereocenters. The Kier molecular flexibility index (Phi) is 5.82. The second-order valence-electron chi connectivity index (χ2n) is 4.23. The van der Waals surface area contributed by atoms with Gasteiger partial charge in [0.1, 0.15) is 6.61 Å². The van der Waals surface area contributed by atoms with Crippen LogP contribution >= 0.6 is 0 Å². The summed E-state index contributed by atoms with van der Waals surface area (Å²) in [5.74, 6) is 0. The Bertz CT molecular complexity index is 449. The highest BCUT2D eigenvalue weighted by Crippen LogP contribution is 2.29. The van der Waals surface area contributed by atoms with Crippen LogP contribution in [0, 0.1) is 0 Å². The van der Waals surface area contributed by atoms with Crippen LogP contribution in [0.4, 0.5) is 18.0 Å². The van der Waals surface area contributed by atoms with Crippen LogP contribution in [0.15, 0.2) is 24.3 Å². The lowest BCUT2D eigenvalue weighted by atomic mass is 10.1. The van der Waals surface area contributed by atoms with Gasteiger partial charge in [0.05, 0.1) is 5.56 Å². The monoisotopic (exact) mass is 290 g/mol. The molecule has 1 aromatic carbocycles. The lowest BCUT2D eigenvalue weighted by Crippen LogP contribution is -2.29. The maximum atomic E-state index is 12.6. The van der Waals surface area contributed by atoms with Gasteiger partial charge < -0.3 is 10.5 Å². The zero-order valence-electron chi connectivity index (χ0n) is 11.1. The summed E-state index contributed by atoms with van der Waals surface area (Å²) in [4.78, 5) is 12.3. The third-order valence-electron chi connectivity index (χ3n) is 2.76. The van der Waals surface area contributed by atoms with Gasteiger partial charge in [-0.1, -0.05) is 25.1 Å². The van der Waals surface area contributed by atoms with E-state index in [9.17, 15) is 18.0 Å². The number of ether oxygens (including phenoxy) is 1. The first-order valence-electron chi connectivity index (χ1n) is 6.13. The standard InChI is InChI=1S/C13H17F3N2O2/c1-2-18(6-7-20-12(17)19)9-10-4-3-5-11(8-10)13(14,15)16/h3-5,8H,2,6-7,9H2,1H3,(H2,17,19). The molecule has 0 radical (unpaired) electrons. The van der Waals surface area contributed by atoms with E-state index in [-0.39, 0.29) is 6.61 Å². The minimum atomic E-state index is -4.35. The molecule has 4 nitrogen and oxygen atoms in total. The van der Waals surface area contributed by atoms with Crippen molar-refractivity contribution >= 4 is 6.09 Å². The molecule has 0 saturated carbocycles. The maximum absolute atomic E-state index is 12.6. The summed E-state index contributed by atoms with van der Waals surface area (Å²) in [7, 11) is 0. The molecule has 0 aromatic heterocycles. The fourth-order valence-corrected chi connectivity index (χ4v) is 1.73. The molecule has 0 aliphatic carbocycles. The molecule has 0 saturated heterocycles. The van der Waals surface area contributed by atoms with Crippen molar-refractivity contribution in [2.24, 2.45) is 5.73 Å². The van der Waals surface area contributed by atoms with E-state index < -0.39 is 17.8 Å². The van der Waals surface area contributed by atoms with Crippen LogP contribution in [0.25, 0.3) is 0 Å². The molecule has 0 atom stereocenters. The number of carbonyl (C=O) groups is 1. The van der Waals surface area contributed by atoms with Crippen LogP contribution in [-0.4, -0.2) is 30.7 Å². The average molecular weight is 290 g/mol. The summed E-state index contributed by atoms with van der Waals surface area (Å²) in [6.45, 7) is 3.37. The van der Waals surface area contributed by atoms with Gasteiger partial charge >= 0.3 is 12.3 Å². The van der Waals surface area contributed by atoms with Gasteiger partial charge in [0.25, 0.3) is 0 Å². The molecule has 0 heterocycles. The number of amides is 1. The number of carbonyl (C=O) groups excluding carboxylic acids is 1. The highest BCUT2D eigenvalue weighted by Gasteiger charge is 2.30. The smallest absolute Gasteiger partial charge is 0.416 e. The predicted octanol–water partition coefficient (Wildman–Crippen LogP) is 2.62. The van der Waals surface area contributed by atoms with Crippen LogP contribution in [0.3, 0.4) is 0 Å². The van der Waals surface area contributed by atoms with Gasteiger partial charge in [-0.15, -0.1) is 0 Å². The summed E-state index contributed by atoms with van der Waals surface area (Å²) in [6.07, 6.45) is -5.21. The average Bonchev–Trinajstić information content (AvgIpc) is 2.36. The Hall–Kier alpha value is -1.76. The van der Waals surface area contributed by atoms with E-state index in [1.165, 1.54) is 6.07 Å². The van der Waals surface area contributed by atoms with Gasteiger partial charge in [-0.2, -0.15) is 13.2 Å². The molecule has 2 N–H and O–H groups in total. The van der Waals surface area contributed by atoms with Crippen LogP contribution in [0.2, 0.25) is 0 Å². The molecule has 0 aliphatic heterocycles. The number of nitrogens with two attached hydrogens (primary N) is 1. The fraction of sp³-hybridized carbons (Fsp3) is 0.462. The number of halogens is 3. The fourth-order valence-electron chi connectivity index (χ4n) is 1.73. The number of hydrogen-bond acceptors (Lipinski definition) is 3. The van der Waals surface area contributed by atoms with Crippen molar-refractivity contribution in [3.05, 3.63) is 35.4 Å². The lowest BCUT2D eigenvalue weighted by Gasteiger charge is -2.20. The second-order valence-corrected chi connectivity index (χ2v) is 4.23. The number of rotatable bonds is 6. The molecule has 1 amide bonds. The van der Waals surface area contributed by atoms with Crippen LogP contribution in [0.5, 0.6) is 0 Å². The first-order valence-corrected chi connectivity index (χ1v) is 6.13. The zero-order chi connectivity index (χ0) is 15.2. The molecule has 7 heteroatoms. The SMILES string of the molecule is CCN(CCOC(N)=O)Cc1cccc(C(F)(F)F)c1. The van der Waals surface area contributed by atoms with Crippen molar-refractivity contribution in [1.29, 1.82) is 0 Å². The summed E-state index contributed by atoms with van der Waals surface area (Å²) in [6, 6.07) is 5.17. The second kappa shape index (κ2) is 7.14. The molecule has 0 bridgehead atoms. The highest BCUT2D eigenvalue weighted by atomic mass is 19.4. The summed E-state index contributed by atoms with van der Waals surface area (Å²) in [5, 5.41) is 0. The zero-order valence-corrected chi connectivity index (χ0v) is 11.1. The van der Waals surface area contributed by atoms with E-state index in [0.717, 1.165) is 12.1 Å². The molecule has 1 rings (SSSR count). The largest absolute Gasteiger partial charge is 0.448 e. The number of nitrogens with zero attached hydrogens (tertiary/aromatic N) is 1. The number of primary amides is 1. The summed E-state index contributed by atoms with van der Waals surface area (Å²) in [5.41, 5.74) is 4.72. The molecule has 0 fully saturated rings. The molecule has 0 aliphatic rings. The van der Waals surface area contributed by atoms with Crippen molar-refractivity contribution in [3.8, 4) is 0 Å². The van der Waals surface area contributed by atoms with Crippen molar-refractivity contribution < 1.29 is 22.7 Å². The van der Waals surface area contributed by atoms with Crippen LogP contribution in [0.1, 0.15) is 18.1 Å². The van der Waals surface area contributed by atoms with E-state index in [4.69, 9.17) is 5.73 Å². The molecule has 20 heavy (non-hydrogen) atoms. The minimum Gasteiger partial charge on any atom is -0.448 e. The number of hydrogen-bond donors (Lipinski definition) is 1. The predicted molar refractivity (Wildman–Crippen MR) is 67.9 cm³/mol. The minimum absolute atomic E-state index is 0.113. The molecule has 0 spiro atoms. The molecule has 1 aromatic rings. The van der Waals surface area contributed by atoms with Gasteiger partial charge in [0, 0.05) is 13.1 Å². The maximum Gasteiger partial charge on any atom is 0.416 e. The van der Waals surface area contributed by atoms with E-state index in [1.807, 2.05) is 11.8 Å². The molecular formula is C13H17F3N2O2. The lowest BCUT2D eigenvalue weighted by molar-refractivity contribution is -0.137. The summed E-state index contributed by atoms with van der Waals surface area (Å²) < 4.78 is 42.4. The van der Waals surface area contributed by atoms with Gasteiger partial charge in [-0.05, 0) is 18.2 Å². The van der Waals surface area contributed by atoms with Crippen molar-refractivity contribution in [2.45, 2.75) is 19.6 Å². The number of benzene rings is 1. The first-order chi connectivity index (χ1) is 9.32. The number of alkyl halides is 3. The molecule has 112 valence electrons. The Morgan fingerprint density at radius 3 is 2.65 bits per heavy atom. The summed E-state index contributed by atoms with van der Waals surface area (Å²) >= 11 is 0. The van der Waals surface area contributed by atoms with E-state index in [1.54, 1.807) is 6.07 Å². The Labute approximate surface area is 115 Å². The molecular weight excluding hydrogens is 273 g/mol. The van der Waals surface area contributed by atoms with Crippen molar-refractivity contribution in [3.63, 3.8) is 0 Å². The van der Waals surface area contributed by atoms with Gasteiger partial charge in [-0.25, -0.2) is 4.79 Å². The first kappa shape index (κ1) is 16.3. The Balaban J connectivity index is 2.63. The highest BCUT2D eigenvalue weighted by molar-refractivity contribution is 5.64. The van der Waals surface area contributed by atoms with Crippen LogP contribution in [-0.2, 0) is 17.5 Å². The number of likely N-dealkylation sites (N-methyl/N-ethyl adjacent to an activating group) is 1. The third-order valence-corrected chi connectivity index (χ3v) is 2.76. The van der Waals surface area contributed by atoms with Gasteiger partial charge in [-0.3, -0.25) is 4.90 Å². The van der Waals surface area contributed by atoms with Crippen LogP contribution < -0.4 is 5.73 Å². The van der Waals surface area contributed by atoms with Crippen molar-refractivity contribution in [1.82, 2.24) is 4.90 Å². The van der Waals surface area contributed by atoms with E-state index in [0.29, 0.717) is 25.2 Å². The Morgan fingerprint density at radius 2 is 2.10 bits per heavy atom. The van der Waals surface area contributed by atoms with Gasteiger partial charge in [0.15, 0.2) is 0 Å². The van der Waals surface area contributed by atoms with Gasteiger partial charge in [0.2, 0.25) is 0 Å². The normalized spacial score (nSPS) is 11.7. The quantitative estimate of drug-likeness (QED) is 0.876. The van der Waals surface area contributed by atoms with Crippen molar-refractivity contribution in [2.75, 3.05) is 19.7 Å². The van der Waals surface area contributed by atoms with E-state index >= 15 is 0 Å². The topological polar surface area (TPSA) is 55.6 Å². The Morgan fingerprint density at radius 1 is 1.40 bits per heavy atom. The third kappa shape index (κ3) is 5.48.